The molecule has 1 saturated heterocycles. The van der Waals surface area contributed by atoms with Crippen LogP contribution in [0, 0.1) is 0 Å². The molecule has 0 bridgehead atoms. The van der Waals surface area contributed by atoms with Gasteiger partial charge in [0.05, 0.1) is 0 Å². The lowest BCUT2D eigenvalue weighted by Gasteiger charge is -2.10. The smallest absolute Gasteiger partial charge is 0.262 e. The van der Waals surface area contributed by atoms with Crippen LogP contribution >= 0.6 is 0 Å². The SMILES string of the molecule is CCCCCCCCCCc1ccc(/C=C2\CNNC2=O)c2ccccc12. The number of unbranched alkanes of at least 4 members (excludes halogenated alkanes) is 7. The quantitative estimate of drug-likeness (QED) is 0.429. The van der Waals surface area contributed by atoms with Gasteiger partial charge in [0.1, 0.15) is 0 Å². The van der Waals surface area contributed by atoms with Crippen molar-refractivity contribution >= 4 is 22.8 Å². The van der Waals surface area contributed by atoms with Crippen molar-refractivity contribution in [3.63, 3.8) is 0 Å². The molecule has 144 valence electrons. The first-order valence-electron chi connectivity index (χ1n) is 10.5. The molecule has 0 unspecified atom stereocenters. The van der Waals surface area contributed by atoms with Crippen LogP contribution in [0.25, 0.3) is 16.8 Å². The largest absolute Gasteiger partial charge is 0.287 e. The highest BCUT2D eigenvalue weighted by Crippen LogP contribution is 2.26. The van der Waals surface area contributed by atoms with Gasteiger partial charge in [0.15, 0.2) is 0 Å². The summed E-state index contributed by atoms with van der Waals surface area (Å²) in [5.74, 6) is -0.0258. The third-order valence-corrected chi connectivity index (χ3v) is 5.45. The molecular weight excluding hydrogens is 332 g/mol. The van der Waals surface area contributed by atoms with Crippen molar-refractivity contribution in [2.75, 3.05) is 6.54 Å². The fourth-order valence-electron chi connectivity index (χ4n) is 3.86. The van der Waals surface area contributed by atoms with E-state index < -0.39 is 0 Å². The Morgan fingerprint density at radius 3 is 2.30 bits per heavy atom. The lowest BCUT2D eigenvalue weighted by Crippen LogP contribution is -2.25. The molecule has 0 atom stereocenters. The zero-order valence-corrected chi connectivity index (χ0v) is 16.5. The fourth-order valence-corrected chi connectivity index (χ4v) is 3.86. The van der Waals surface area contributed by atoms with Crippen LogP contribution in [0.1, 0.15) is 69.4 Å². The van der Waals surface area contributed by atoms with Crippen LogP contribution in [0.5, 0.6) is 0 Å². The Labute approximate surface area is 163 Å². The second-order valence-corrected chi connectivity index (χ2v) is 7.56. The second-order valence-electron chi connectivity index (χ2n) is 7.56. The lowest BCUT2D eigenvalue weighted by molar-refractivity contribution is -0.116. The number of rotatable bonds is 10. The monoisotopic (exact) mass is 364 g/mol. The number of hydrogen-bond acceptors (Lipinski definition) is 2. The number of nitrogens with one attached hydrogen (secondary N) is 2. The summed E-state index contributed by atoms with van der Waals surface area (Å²) in [7, 11) is 0. The Morgan fingerprint density at radius 1 is 0.889 bits per heavy atom. The van der Waals surface area contributed by atoms with Crippen LogP contribution < -0.4 is 10.9 Å². The molecule has 1 amide bonds. The first-order chi connectivity index (χ1) is 13.3. The number of carbonyl (C=O) groups excluding carboxylic acids is 1. The van der Waals surface area contributed by atoms with Crippen molar-refractivity contribution < 1.29 is 4.79 Å². The average Bonchev–Trinajstić information content (AvgIpc) is 3.10. The Balaban J connectivity index is 1.62. The molecule has 3 rings (SSSR count). The maximum absolute atomic E-state index is 11.8. The fraction of sp³-hybridized carbons (Fsp3) is 0.458. The summed E-state index contributed by atoms with van der Waals surface area (Å²) in [5, 5.41) is 2.56. The van der Waals surface area contributed by atoms with E-state index >= 15 is 0 Å². The third kappa shape index (κ3) is 5.43. The van der Waals surface area contributed by atoms with Crippen molar-refractivity contribution in [2.45, 2.75) is 64.7 Å². The van der Waals surface area contributed by atoms with E-state index in [1.54, 1.807) is 0 Å². The normalized spacial score (nSPS) is 15.6. The van der Waals surface area contributed by atoms with Gasteiger partial charge in [0.25, 0.3) is 5.91 Å². The van der Waals surface area contributed by atoms with Crippen molar-refractivity contribution in [1.29, 1.82) is 0 Å². The van der Waals surface area contributed by atoms with Crippen LogP contribution in [-0.4, -0.2) is 12.5 Å². The molecule has 2 aromatic carbocycles. The Morgan fingerprint density at radius 2 is 1.59 bits per heavy atom. The zero-order valence-electron chi connectivity index (χ0n) is 16.5. The number of aryl methyl sites for hydroxylation is 1. The summed E-state index contributed by atoms with van der Waals surface area (Å²) in [6.07, 6.45) is 13.9. The minimum atomic E-state index is -0.0258. The molecule has 0 aliphatic carbocycles. The molecule has 1 aliphatic heterocycles. The molecule has 1 heterocycles. The van der Waals surface area contributed by atoms with E-state index in [0.717, 1.165) is 17.6 Å². The highest BCUT2D eigenvalue weighted by Gasteiger charge is 2.16. The van der Waals surface area contributed by atoms with E-state index in [0.29, 0.717) is 6.54 Å². The predicted octanol–water partition coefficient (Wildman–Crippen LogP) is 5.54. The predicted molar refractivity (Wildman–Crippen MR) is 114 cm³/mol. The summed E-state index contributed by atoms with van der Waals surface area (Å²) in [5.41, 5.74) is 8.87. The van der Waals surface area contributed by atoms with Crippen molar-refractivity contribution in [3.8, 4) is 0 Å². The van der Waals surface area contributed by atoms with E-state index in [2.05, 4.69) is 54.2 Å². The zero-order chi connectivity index (χ0) is 18.9. The molecule has 3 heteroatoms. The van der Waals surface area contributed by atoms with Crippen LogP contribution in [0.4, 0.5) is 0 Å². The van der Waals surface area contributed by atoms with Gasteiger partial charge < -0.3 is 0 Å². The maximum Gasteiger partial charge on any atom is 0.262 e. The van der Waals surface area contributed by atoms with Crippen molar-refractivity contribution in [3.05, 3.63) is 53.1 Å². The highest BCUT2D eigenvalue weighted by atomic mass is 16.2. The number of fused-ring (bicyclic) bond motifs is 1. The molecular formula is C24H32N2O. The molecule has 1 fully saturated rings. The molecule has 0 aromatic heterocycles. The molecule has 2 aromatic rings. The minimum absolute atomic E-state index is 0.0258. The topological polar surface area (TPSA) is 41.1 Å². The van der Waals surface area contributed by atoms with Gasteiger partial charge in [0, 0.05) is 12.1 Å². The van der Waals surface area contributed by atoms with E-state index in [1.807, 2.05) is 6.08 Å². The van der Waals surface area contributed by atoms with Crippen LogP contribution in [0.2, 0.25) is 0 Å². The van der Waals surface area contributed by atoms with Gasteiger partial charge in [-0.1, -0.05) is 88.3 Å². The van der Waals surface area contributed by atoms with Gasteiger partial charge in [0.2, 0.25) is 0 Å². The average molecular weight is 365 g/mol. The van der Waals surface area contributed by atoms with Crippen molar-refractivity contribution in [2.24, 2.45) is 0 Å². The Bertz CT molecular complexity index is 794. The molecule has 0 radical (unpaired) electrons. The summed E-state index contributed by atoms with van der Waals surface area (Å²) >= 11 is 0. The minimum Gasteiger partial charge on any atom is -0.287 e. The summed E-state index contributed by atoms with van der Waals surface area (Å²) in [6.45, 7) is 2.85. The van der Waals surface area contributed by atoms with E-state index in [9.17, 15) is 4.79 Å². The molecule has 2 N–H and O–H groups in total. The van der Waals surface area contributed by atoms with Gasteiger partial charge in [-0.25, -0.2) is 5.43 Å². The van der Waals surface area contributed by atoms with E-state index in [-0.39, 0.29) is 5.91 Å². The molecule has 0 spiro atoms. The van der Waals surface area contributed by atoms with Gasteiger partial charge in [-0.15, -0.1) is 0 Å². The summed E-state index contributed by atoms with van der Waals surface area (Å²) in [6, 6.07) is 13.0. The van der Waals surface area contributed by atoms with Crippen molar-refractivity contribution in [1.82, 2.24) is 10.9 Å². The summed E-state index contributed by atoms with van der Waals surface area (Å²) < 4.78 is 0. The van der Waals surface area contributed by atoms with E-state index in [4.69, 9.17) is 0 Å². The van der Waals surface area contributed by atoms with Gasteiger partial charge in [-0.3, -0.25) is 10.2 Å². The molecule has 27 heavy (non-hydrogen) atoms. The van der Waals surface area contributed by atoms with E-state index in [1.165, 1.54) is 67.7 Å². The third-order valence-electron chi connectivity index (χ3n) is 5.45. The van der Waals surface area contributed by atoms with Gasteiger partial charge in [-0.05, 0) is 40.8 Å². The number of hydrogen-bond donors (Lipinski definition) is 2. The first kappa shape index (κ1) is 19.6. The van der Waals surface area contributed by atoms with Crippen LogP contribution in [-0.2, 0) is 11.2 Å². The molecule has 1 aliphatic rings. The molecule has 3 nitrogen and oxygen atoms in total. The number of carbonyl (C=O) groups is 1. The number of hydrazine groups is 1. The standard InChI is InChI=1S/C24H32N2O/c1-2-3-4-5-6-7-8-9-12-19-15-16-20(17-21-18-25-26-24(21)27)23-14-11-10-13-22(19)23/h10-11,13-17,25H,2-9,12,18H2,1H3,(H,26,27)/b21-17+. The highest BCUT2D eigenvalue weighted by molar-refractivity contribution is 6.02. The first-order valence-corrected chi connectivity index (χ1v) is 10.5. The Kier molecular flexibility index (Phi) is 7.46. The van der Waals surface area contributed by atoms with Gasteiger partial charge >= 0.3 is 0 Å². The van der Waals surface area contributed by atoms with Gasteiger partial charge in [-0.2, -0.15) is 0 Å². The second kappa shape index (κ2) is 10.3. The van der Waals surface area contributed by atoms with Crippen LogP contribution in [0.15, 0.2) is 42.0 Å². The number of benzene rings is 2. The Hall–Kier alpha value is -2.13. The number of amides is 1. The van der Waals surface area contributed by atoms with Crippen LogP contribution in [0.3, 0.4) is 0 Å². The molecule has 0 saturated carbocycles. The maximum atomic E-state index is 11.8. The lowest BCUT2D eigenvalue weighted by atomic mass is 9.95. The summed E-state index contributed by atoms with van der Waals surface area (Å²) in [4.78, 5) is 11.8.